The van der Waals surface area contributed by atoms with Gasteiger partial charge in [-0.2, -0.15) is 0 Å². The summed E-state index contributed by atoms with van der Waals surface area (Å²) < 4.78 is 0. The summed E-state index contributed by atoms with van der Waals surface area (Å²) in [6, 6.07) is 0. The van der Waals surface area contributed by atoms with Crippen LogP contribution in [0.1, 0.15) is 53.4 Å². The summed E-state index contributed by atoms with van der Waals surface area (Å²) >= 11 is 0. The number of rotatable bonds is 2. The molecule has 2 unspecified atom stereocenters. The van der Waals surface area contributed by atoms with Crippen molar-refractivity contribution in [3.63, 3.8) is 0 Å². The molecule has 0 aromatic rings. The molecule has 2 aliphatic rings. The quantitative estimate of drug-likeness (QED) is 0.753. The van der Waals surface area contributed by atoms with Crippen LogP contribution in [0.5, 0.6) is 0 Å². The molecule has 16 heavy (non-hydrogen) atoms. The summed E-state index contributed by atoms with van der Waals surface area (Å²) in [6.07, 6.45) is 5.85. The van der Waals surface area contributed by atoms with Crippen molar-refractivity contribution in [3.05, 3.63) is 0 Å². The Morgan fingerprint density at radius 2 is 1.56 bits per heavy atom. The minimum absolute atomic E-state index is 0.703. The van der Waals surface area contributed by atoms with Crippen LogP contribution in [0.4, 0.5) is 0 Å². The second kappa shape index (κ2) is 4.68. The highest BCUT2D eigenvalue weighted by atomic mass is 14.9. The standard InChI is InChI=1S/C15H29N/c1-11(2)13-5-6-15(14(13)12(3)4)7-9-16-10-8-15/h11-14,16H,5-10H2,1-4H3. The predicted molar refractivity (Wildman–Crippen MR) is 70.4 cm³/mol. The molecule has 0 radical (unpaired) electrons. The zero-order valence-corrected chi connectivity index (χ0v) is 11.6. The van der Waals surface area contributed by atoms with Gasteiger partial charge in [-0.3, -0.25) is 0 Å². The van der Waals surface area contributed by atoms with E-state index in [4.69, 9.17) is 0 Å². The van der Waals surface area contributed by atoms with Crippen LogP contribution in [-0.4, -0.2) is 13.1 Å². The molecule has 0 amide bonds. The van der Waals surface area contributed by atoms with E-state index in [1.54, 1.807) is 0 Å². The minimum Gasteiger partial charge on any atom is -0.317 e. The van der Waals surface area contributed by atoms with Crippen LogP contribution in [0.3, 0.4) is 0 Å². The molecule has 0 bridgehead atoms. The molecule has 1 spiro atoms. The fourth-order valence-corrected chi connectivity index (χ4v) is 4.71. The lowest BCUT2D eigenvalue weighted by atomic mass is 9.64. The SMILES string of the molecule is CC(C)C1CCC2(CCNCC2)C1C(C)C. The van der Waals surface area contributed by atoms with Crippen molar-refractivity contribution in [2.24, 2.45) is 29.1 Å². The maximum Gasteiger partial charge on any atom is -0.00435 e. The molecule has 1 saturated carbocycles. The van der Waals surface area contributed by atoms with E-state index in [1.807, 2.05) is 0 Å². The normalized spacial score (nSPS) is 34.1. The Morgan fingerprint density at radius 1 is 0.938 bits per heavy atom. The molecule has 1 N–H and O–H groups in total. The van der Waals surface area contributed by atoms with E-state index < -0.39 is 0 Å². The molecule has 1 heterocycles. The molecular formula is C15H29N. The highest BCUT2D eigenvalue weighted by molar-refractivity contribution is 5.00. The van der Waals surface area contributed by atoms with E-state index in [2.05, 4.69) is 33.0 Å². The second-order valence-corrected chi connectivity index (χ2v) is 6.83. The van der Waals surface area contributed by atoms with Crippen LogP contribution in [0, 0.1) is 29.1 Å². The van der Waals surface area contributed by atoms with Crippen molar-refractivity contribution < 1.29 is 0 Å². The Balaban J connectivity index is 2.19. The van der Waals surface area contributed by atoms with Gasteiger partial charge in [0.2, 0.25) is 0 Å². The van der Waals surface area contributed by atoms with Crippen LogP contribution >= 0.6 is 0 Å². The number of nitrogens with one attached hydrogen (secondary N) is 1. The van der Waals surface area contributed by atoms with Crippen molar-refractivity contribution in [1.82, 2.24) is 5.32 Å². The van der Waals surface area contributed by atoms with E-state index in [0.717, 1.165) is 23.7 Å². The van der Waals surface area contributed by atoms with Gasteiger partial charge in [-0.05, 0) is 67.9 Å². The van der Waals surface area contributed by atoms with Gasteiger partial charge >= 0.3 is 0 Å². The Kier molecular flexibility index (Phi) is 3.63. The fourth-order valence-electron chi connectivity index (χ4n) is 4.71. The molecule has 1 saturated heterocycles. The van der Waals surface area contributed by atoms with Gasteiger partial charge in [-0.25, -0.2) is 0 Å². The lowest BCUT2D eigenvalue weighted by Gasteiger charge is -2.44. The third-order valence-electron chi connectivity index (χ3n) is 5.32. The van der Waals surface area contributed by atoms with Crippen molar-refractivity contribution >= 4 is 0 Å². The highest BCUT2D eigenvalue weighted by Crippen LogP contribution is 2.57. The largest absolute Gasteiger partial charge is 0.317 e. The third-order valence-corrected chi connectivity index (χ3v) is 5.32. The Morgan fingerprint density at radius 3 is 2.06 bits per heavy atom. The molecule has 0 aromatic heterocycles. The molecule has 0 aromatic carbocycles. The van der Waals surface area contributed by atoms with Crippen molar-refractivity contribution in [1.29, 1.82) is 0 Å². The molecule has 2 rings (SSSR count). The lowest BCUT2D eigenvalue weighted by Crippen LogP contribution is -2.42. The number of piperidine rings is 1. The van der Waals surface area contributed by atoms with Gasteiger partial charge in [-0.1, -0.05) is 27.7 Å². The first-order chi connectivity index (χ1) is 7.57. The van der Waals surface area contributed by atoms with Crippen LogP contribution in [-0.2, 0) is 0 Å². The van der Waals surface area contributed by atoms with Gasteiger partial charge in [0.25, 0.3) is 0 Å². The maximum atomic E-state index is 3.54. The van der Waals surface area contributed by atoms with Gasteiger partial charge < -0.3 is 5.32 Å². The monoisotopic (exact) mass is 223 g/mol. The van der Waals surface area contributed by atoms with Crippen LogP contribution in [0.25, 0.3) is 0 Å². The molecular weight excluding hydrogens is 194 g/mol. The number of hydrogen-bond donors (Lipinski definition) is 1. The van der Waals surface area contributed by atoms with Gasteiger partial charge in [-0.15, -0.1) is 0 Å². The van der Waals surface area contributed by atoms with Crippen LogP contribution in [0.15, 0.2) is 0 Å². The predicted octanol–water partition coefficient (Wildman–Crippen LogP) is 3.69. The summed E-state index contributed by atoms with van der Waals surface area (Å²) in [5.41, 5.74) is 0.703. The van der Waals surface area contributed by atoms with Crippen molar-refractivity contribution in [3.8, 4) is 0 Å². The minimum atomic E-state index is 0.703. The van der Waals surface area contributed by atoms with Crippen molar-refractivity contribution in [2.75, 3.05) is 13.1 Å². The van der Waals surface area contributed by atoms with Crippen LogP contribution < -0.4 is 5.32 Å². The summed E-state index contributed by atoms with van der Waals surface area (Å²) in [5, 5.41) is 3.54. The zero-order chi connectivity index (χ0) is 11.8. The van der Waals surface area contributed by atoms with Crippen molar-refractivity contribution in [2.45, 2.75) is 53.4 Å². The first-order valence-corrected chi connectivity index (χ1v) is 7.27. The summed E-state index contributed by atoms with van der Waals surface area (Å²) in [5.74, 6) is 3.71. The first kappa shape index (κ1) is 12.4. The fraction of sp³-hybridized carbons (Fsp3) is 1.00. The van der Waals surface area contributed by atoms with E-state index in [9.17, 15) is 0 Å². The molecule has 1 aliphatic heterocycles. The summed E-state index contributed by atoms with van der Waals surface area (Å²) in [6.45, 7) is 12.3. The summed E-state index contributed by atoms with van der Waals surface area (Å²) in [4.78, 5) is 0. The number of hydrogen-bond acceptors (Lipinski definition) is 1. The molecule has 2 atom stereocenters. The molecule has 1 heteroatoms. The Bertz CT molecular complexity index is 226. The topological polar surface area (TPSA) is 12.0 Å². The third kappa shape index (κ3) is 2.03. The smallest absolute Gasteiger partial charge is 0.00435 e. The van der Waals surface area contributed by atoms with Gasteiger partial charge in [0, 0.05) is 0 Å². The average molecular weight is 223 g/mol. The Hall–Kier alpha value is -0.0400. The molecule has 94 valence electrons. The zero-order valence-electron chi connectivity index (χ0n) is 11.6. The average Bonchev–Trinajstić information content (AvgIpc) is 2.58. The van der Waals surface area contributed by atoms with E-state index in [0.29, 0.717) is 5.41 Å². The van der Waals surface area contributed by atoms with E-state index >= 15 is 0 Å². The van der Waals surface area contributed by atoms with Gasteiger partial charge in [0.05, 0.1) is 0 Å². The second-order valence-electron chi connectivity index (χ2n) is 6.83. The van der Waals surface area contributed by atoms with E-state index in [-0.39, 0.29) is 0 Å². The summed E-state index contributed by atoms with van der Waals surface area (Å²) in [7, 11) is 0. The maximum absolute atomic E-state index is 3.54. The Labute approximate surface area is 101 Å². The highest BCUT2D eigenvalue weighted by Gasteiger charge is 2.49. The van der Waals surface area contributed by atoms with E-state index in [1.165, 1.54) is 38.8 Å². The lowest BCUT2D eigenvalue weighted by molar-refractivity contribution is 0.0663. The van der Waals surface area contributed by atoms with Crippen LogP contribution in [0.2, 0.25) is 0 Å². The van der Waals surface area contributed by atoms with Gasteiger partial charge in [0.1, 0.15) is 0 Å². The molecule has 1 aliphatic carbocycles. The van der Waals surface area contributed by atoms with Gasteiger partial charge in [0.15, 0.2) is 0 Å². The molecule has 1 nitrogen and oxygen atoms in total. The first-order valence-electron chi connectivity index (χ1n) is 7.27. The molecule has 2 fully saturated rings.